The van der Waals surface area contributed by atoms with E-state index in [0.29, 0.717) is 12.5 Å². The van der Waals surface area contributed by atoms with Gasteiger partial charge >= 0.3 is 0 Å². The summed E-state index contributed by atoms with van der Waals surface area (Å²) in [7, 11) is 0. The number of hydrogen-bond donors (Lipinski definition) is 1. The van der Waals surface area contributed by atoms with Crippen molar-refractivity contribution in [3.8, 4) is 11.1 Å². The van der Waals surface area contributed by atoms with E-state index in [1.807, 2.05) is 12.3 Å². The standard InChI is InChI=1S/C19H21N5/c1-3-17-18(4-2)23-24-19(22-17)21-12-14-7-9-15(10-8-14)16-6-5-11-20-13-16/h5-11,13H,3-4,12H2,1-2H3,(H,21,22,24). The molecular formula is C19H21N5. The first-order valence-electron chi connectivity index (χ1n) is 8.25. The van der Waals surface area contributed by atoms with Gasteiger partial charge in [-0.05, 0) is 35.6 Å². The van der Waals surface area contributed by atoms with Crippen LogP contribution in [-0.4, -0.2) is 20.2 Å². The lowest BCUT2D eigenvalue weighted by Gasteiger charge is -2.08. The molecule has 0 unspecified atom stereocenters. The monoisotopic (exact) mass is 319 g/mol. The van der Waals surface area contributed by atoms with E-state index in [2.05, 4.69) is 69.7 Å². The van der Waals surface area contributed by atoms with E-state index in [-0.39, 0.29) is 0 Å². The van der Waals surface area contributed by atoms with Crippen LogP contribution in [0.3, 0.4) is 0 Å². The van der Waals surface area contributed by atoms with Gasteiger partial charge in [0.15, 0.2) is 0 Å². The SMILES string of the molecule is CCc1nnc(NCc2ccc(-c3cccnc3)cc2)nc1CC. The zero-order valence-corrected chi connectivity index (χ0v) is 14.0. The molecule has 1 N–H and O–H groups in total. The van der Waals surface area contributed by atoms with Crippen molar-refractivity contribution in [3.05, 3.63) is 65.7 Å². The molecule has 0 fully saturated rings. The summed E-state index contributed by atoms with van der Waals surface area (Å²) in [5.41, 5.74) is 5.44. The molecule has 0 saturated heterocycles. The average molecular weight is 319 g/mol. The smallest absolute Gasteiger partial charge is 0.243 e. The van der Waals surface area contributed by atoms with Crippen LogP contribution in [0.2, 0.25) is 0 Å². The first kappa shape index (κ1) is 16.1. The van der Waals surface area contributed by atoms with Crippen molar-refractivity contribution in [1.82, 2.24) is 20.2 Å². The van der Waals surface area contributed by atoms with Gasteiger partial charge in [-0.15, -0.1) is 5.10 Å². The van der Waals surface area contributed by atoms with Gasteiger partial charge in [0.2, 0.25) is 5.95 Å². The van der Waals surface area contributed by atoms with Crippen LogP contribution in [0.15, 0.2) is 48.8 Å². The van der Waals surface area contributed by atoms with E-state index < -0.39 is 0 Å². The highest BCUT2D eigenvalue weighted by Crippen LogP contribution is 2.18. The largest absolute Gasteiger partial charge is 0.349 e. The third kappa shape index (κ3) is 3.74. The highest BCUT2D eigenvalue weighted by atomic mass is 15.2. The molecule has 122 valence electrons. The Hall–Kier alpha value is -2.82. The molecule has 2 heterocycles. The van der Waals surface area contributed by atoms with Crippen LogP contribution in [0, 0.1) is 0 Å². The minimum atomic E-state index is 0.584. The predicted molar refractivity (Wildman–Crippen MR) is 95.6 cm³/mol. The molecule has 2 aromatic heterocycles. The third-order valence-electron chi connectivity index (χ3n) is 3.91. The second-order valence-electron chi connectivity index (χ2n) is 5.53. The van der Waals surface area contributed by atoms with Crippen LogP contribution in [0.1, 0.15) is 30.8 Å². The van der Waals surface area contributed by atoms with E-state index in [4.69, 9.17) is 0 Å². The minimum absolute atomic E-state index is 0.584. The van der Waals surface area contributed by atoms with E-state index in [1.54, 1.807) is 6.20 Å². The van der Waals surface area contributed by atoms with Gasteiger partial charge in [0.1, 0.15) is 0 Å². The van der Waals surface area contributed by atoms with Gasteiger partial charge in [-0.3, -0.25) is 4.98 Å². The number of hydrogen-bond acceptors (Lipinski definition) is 5. The fourth-order valence-corrected chi connectivity index (χ4v) is 2.54. The molecule has 0 saturated carbocycles. The highest BCUT2D eigenvalue weighted by Gasteiger charge is 2.06. The second-order valence-corrected chi connectivity index (χ2v) is 5.53. The first-order chi connectivity index (χ1) is 11.8. The molecule has 3 aromatic rings. The maximum absolute atomic E-state index is 4.55. The average Bonchev–Trinajstić information content (AvgIpc) is 2.67. The molecule has 5 heteroatoms. The summed E-state index contributed by atoms with van der Waals surface area (Å²) in [6.45, 7) is 4.83. The summed E-state index contributed by atoms with van der Waals surface area (Å²) < 4.78 is 0. The van der Waals surface area contributed by atoms with Crippen LogP contribution in [-0.2, 0) is 19.4 Å². The lowest BCUT2D eigenvalue weighted by atomic mass is 10.1. The highest BCUT2D eigenvalue weighted by molar-refractivity contribution is 5.62. The molecule has 0 radical (unpaired) electrons. The van der Waals surface area contributed by atoms with Gasteiger partial charge in [0, 0.05) is 18.9 Å². The molecule has 1 aromatic carbocycles. The van der Waals surface area contributed by atoms with Crippen molar-refractivity contribution < 1.29 is 0 Å². The summed E-state index contributed by atoms with van der Waals surface area (Å²) in [5, 5.41) is 11.7. The van der Waals surface area contributed by atoms with Crippen LogP contribution in [0.5, 0.6) is 0 Å². The van der Waals surface area contributed by atoms with Gasteiger partial charge in [-0.25, -0.2) is 4.98 Å². The quantitative estimate of drug-likeness (QED) is 0.751. The molecule has 0 atom stereocenters. The predicted octanol–water partition coefficient (Wildman–Crippen LogP) is 3.67. The van der Waals surface area contributed by atoms with Crippen molar-refractivity contribution in [2.75, 3.05) is 5.32 Å². The number of rotatable bonds is 6. The molecular weight excluding hydrogens is 298 g/mol. The Bertz CT molecular complexity index is 785. The Morgan fingerprint density at radius 1 is 0.875 bits per heavy atom. The lowest BCUT2D eigenvalue weighted by molar-refractivity contribution is 0.819. The number of aryl methyl sites for hydroxylation is 2. The fourth-order valence-electron chi connectivity index (χ4n) is 2.54. The molecule has 0 spiro atoms. The molecule has 5 nitrogen and oxygen atoms in total. The Labute approximate surface area is 142 Å². The number of nitrogens with one attached hydrogen (secondary N) is 1. The molecule has 3 rings (SSSR count). The number of pyridine rings is 1. The topological polar surface area (TPSA) is 63.6 Å². The molecule has 0 aliphatic rings. The Morgan fingerprint density at radius 3 is 2.33 bits per heavy atom. The Kier molecular flexibility index (Phi) is 5.11. The van der Waals surface area contributed by atoms with E-state index in [0.717, 1.165) is 35.4 Å². The third-order valence-corrected chi connectivity index (χ3v) is 3.91. The number of anilines is 1. The van der Waals surface area contributed by atoms with Gasteiger partial charge in [-0.1, -0.05) is 44.2 Å². The van der Waals surface area contributed by atoms with E-state index in [9.17, 15) is 0 Å². The summed E-state index contributed by atoms with van der Waals surface area (Å²) >= 11 is 0. The molecule has 0 aliphatic carbocycles. The van der Waals surface area contributed by atoms with E-state index >= 15 is 0 Å². The number of aromatic nitrogens is 4. The molecule has 0 aliphatic heterocycles. The zero-order valence-electron chi connectivity index (χ0n) is 14.0. The van der Waals surface area contributed by atoms with Gasteiger partial charge in [0.25, 0.3) is 0 Å². The van der Waals surface area contributed by atoms with Crippen LogP contribution >= 0.6 is 0 Å². The molecule has 0 amide bonds. The van der Waals surface area contributed by atoms with Gasteiger partial charge in [-0.2, -0.15) is 5.10 Å². The van der Waals surface area contributed by atoms with Gasteiger partial charge in [0.05, 0.1) is 11.4 Å². The van der Waals surface area contributed by atoms with Crippen LogP contribution in [0.25, 0.3) is 11.1 Å². The fraction of sp³-hybridized carbons (Fsp3) is 0.263. The first-order valence-corrected chi connectivity index (χ1v) is 8.25. The van der Waals surface area contributed by atoms with Crippen molar-refractivity contribution in [3.63, 3.8) is 0 Å². The molecule has 0 bridgehead atoms. The zero-order chi connectivity index (χ0) is 16.8. The Balaban J connectivity index is 1.67. The van der Waals surface area contributed by atoms with Gasteiger partial charge < -0.3 is 5.32 Å². The number of benzene rings is 1. The maximum atomic E-state index is 4.55. The number of nitrogens with zero attached hydrogens (tertiary/aromatic N) is 4. The van der Waals surface area contributed by atoms with Crippen molar-refractivity contribution in [2.24, 2.45) is 0 Å². The summed E-state index contributed by atoms with van der Waals surface area (Å²) in [6, 6.07) is 12.4. The van der Waals surface area contributed by atoms with Crippen molar-refractivity contribution >= 4 is 5.95 Å². The van der Waals surface area contributed by atoms with Crippen molar-refractivity contribution in [1.29, 1.82) is 0 Å². The van der Waals surface area contributed by atoms with Crippen molar-refractivity contribution in [2.45, 2.75) is 33.2 Å². The second kappa shape index (κ2) is 7.64. The normalized spacial score (nSPS) is 10.6. The van der Waals surface area contributed by atoms with E-state index in [1.165, 1.54) is 5.56 Å². The summed E-state index contributed by atoms with van der Waals surface area (Å²) in [5.74, 6) is 0.584. The maximum Gasteiger partial charge on any atom is 0.243 e. The lowest BCUT2D eigenvalue weighted by Crippen LogP contribution is -2.09. The minimum Gasteiger partial charge on any atom is -0.349 e. The summed E-state index contributed by atoms with van der Waals surface area (Å²) in [6.07, 6.45) is 5.38. The molecule has 24 heavy (non-hydrogen) atoms. The van der Waals surface area contributed by atoms with Crippen LogP contribution in [0.4, 0.5) is 5.95 Å². The summed E-state index contributed by atoms with van der Waals surface area (Å²) in [4.78, 5) is 8.70. The van der Waals surface area contributed by atoms with Crippen LogP contribution < -0.4 is 5.32 Å². The Morgan fingerprint density at radius 2 is 1.67 bits per heavy atom.